The van der Waals surface area contributed by atoms with Gasteiger partial charge in [0, 0.05) is 19.6 Å². The van der Waals surface area contributed by atoms with E-state index in [0.717, 1.165) is 51.3 Å². The molecular formula is C13H22N4O3. The second kappa shape index (κ2) is 7.35. The van der Waals surface area contributed by atoms with Gasteiger partial charge in [0.05, 0.1) is 12.6 Å². The first-order valence-electron chi connectivity index (χ1n) is 7.11. The van der Waals surface area contributed by atoms with Crippen molar-refractivity contribution in [1.82, 2.24) is 19.7 Å². The van der Waals surface area contributed by atoms with Crippen LogP contribution in [0, 0.1) is 0 Å². The number of aromatic nitrogens is 3. The lowest BCUT2D eigenvalue weighted by Gasteiger charge is -2.31. The van der Waals surface area contributed by atoms with E-state index in [0.29, 0.717) is 0 Å². The van der Waals surface area contributed by atoms with Gasteiger partial charge in [-0.25, -0.2) is 14.5 Å². The van der Waals surface area contributed by atoms with Crippen molar-refractivity contribution in [2.24, 2.45) is 0 Å². The Morgan fingerprint density at radius 1 is 1.50 bits per heavy atom. The fraction of sp³-hybridized carbons (Fsp3) is 0.769. The molecule has 7 nitrogen and oxygen atoms in total. The molecule has 112 valence electrons. The summed E-state index contributed by atoms with van der Waals surface area (Å²) in [6.45, 7) is 5.43. The molecule has 1 aromatic rings. The minimum Gasteiger partial charge on any atom is -0.480 e. The van der Waals surface area contributed by atoms with Crippen molar-refractivity contribution < 1.29 is 14.6 Å². The third kappa shape index (κ3) is 4.28. The number of aryl methyl sites for hydroxylation is 1. The predicted octanol–water partition coefficient (Wildman–Crippen LogP) is 0.754. The van der Waals surface area contributed by atoms with Crippen LogP contribution in [-0.2, 0) is 22.6 Å². The molecule has 20 heavy (non-hydrogen) atoms. The highest BCUT2D eigenvalue weighted by Gasteiger charge is 2.21. The second-order valence-electron chi connectivity index (χ2n) is 5.08. The van der Waals surface area contributed by atoms with Crippen molar-refractivity contribution in [3.05, 3.63) is 12.2 Å². The van der Waals surface area contributed by atoms with Crippen molar-refractivity contribution in [2.75, 3.05) is 19.7 Å². The monoisotopic (exact) mass is 282 g/mol. The normalized spacial score (nSPS) is 17.4. The number of rotatable bonds is 7. The van der Waals surface area contributed by atoms with Crippen LogP contribution in [0.3, 0.4) is 0 Å². The standard InChI is InChI=1S/C13H22N4O3/c1-2-5-17-12(14-10-15-17)8-16-6-3-11(4-7-16)20-9-13(18)19/h10-11H,2-9H2,1H3,(H,18,19). The van der Waals surface area contributed by atoms with Crippen LogP contribution in [0.25, 0.3) is 0 Å². The summed E-state index contributed by atoms with van der Waals surface area (Å²) >= 11 is 0. The Balaban J connectivity index is 1.76. The zero-order valence-corrected chi connectivity index (χ0v) is 11.9. The largest absolute Gasteiger partial charge is 0.480 e. The minimum absolute atomic E-state index is 0.0656. The van der Waals surface area contributed by atoms with Crippen LogP contribution in [0.5, 0.6) is 0 Å². The molecule has 0 bridgehead atoms. The number of hydrogen-bond donors (Lipinski definition) is 1. The van der Waals surface area contributed by atoms with Gasteiger partial charge in [0.2, 0.25) is 0 Å². The highest BCUT2D eigenvalue weighted by Crippen LogP contribution is 2.15. The summed E-state index contributed by atoms with van der Waals surface area (Å²) in [5.41, 5.74) is 0. The highest BCUT2D eigenvalue weighted by molar-refractivity contribution is 5.68. The van der Waals surface area contributed by atoms with Gasteiger partial charge < -0.3 is 9.84 Å². The molecule has 0 amide bonds. The Bertz CT molecular complexity index is 427. The lowest BCUT2D eigenvalue weighted by molar-refractivity contribution is -0.145. The molecule has 0 saturated carbocycles. The van der Waals surface area contributed by atoms with E-state index in [1.54, 1.807) is 6.33 Å². The summed E-state index contributed by atoms with van der Waals surface area (Å²) in [5, 5.41) is 12.8. The van der Waals surface area contributed by atoms with Gasteiger partial charge in [-0.2, -0.15) is 5.10 Å². The molecule has 1 saturated heterocycles. The number of piperidine rings is 1. The van der Waals surface area contributed by atoms with Gasteiger partial charge in [0.1, 0.15) is 18.8 Å². The SMILES string of the molecule is CCCn1ncnc1CN1CCC(OCC(=O)O)CC1. The number of carboxylic acids is 1. The van der Waals surface area contributed by atoms with E-state index >= 15 is 0 Å². The van der Waals surface area contributed by atoms with E-state index < -0.39 is 5.97 Å². The van der Waals surface area contributed by atoms with Crippen molar-refractivity contribution >= 4 is 5.97 Å². The van der Waals surface area contributed by atoms with Crippen molar-refractivity contribution in [1.29, 1.82) is 0 Å². The van der Waals surface area contributed by atoms with Crippen LogP contribution in [-0.4, -0.2) is 56.5 Å². The average Bonchev–Trinajstić information content (AvgIpc) is 2.86. The number of ether oxygens (including phenoxy) is 1. The summed E-state index contributed by atoms with van der Waals surface area (Å²) in [7, 11) is 0. The maximum Gasteiger partial charge on any atom is 0.329 e. The van der Waals surface area contributed by atoms with E-state index in [1.165, 1.54) is 0 Å². The number of carboxylic acid groups (broad SMARTS) is 1. The third-order valence-corrected chi connectivity index (χ3v) is 3.47. The number of carbonyl (C=O) groups is 1. The lowest BCUT2D eigenvalue weighted by atomic mass is 10.1. The van der Waals surface area contributed by atoms with E-state index in [4.69, 9.17) is 9.84 Å². The fourth-order valence-corrected chi connectivity index (χ4v) is 2.43. The van der Waals surface area contributed by atoms with Crippen molar-refractivity contribution in [3.63, 3.8) is 0 Å². The Morgan fingerprint density at radius 3 is 2.90 bits per heavy atom. The van der Waals surface area contributed by atoms with Crippen molar-refractivity contribution in [3.8, 4) is 0 Å². The van der Waals surface area contributed by atoms with Gasteiger partial charge >= 0.3 is 5.97 Å². The van der Waals surface area contributed by atoms with Crippen LogP contribution >= 0.6 is 0 Å². The van der Waals surface area contributed by atoms with Gasteiger partial charge in [-0.1, -0.05) is 6.92 Å². The Labute approximate surface area is 118 Å². The number of hydrogen-bond acceptors (Lipinski definition) is 5. The summed E-state index contributed by atoms with van der Waals surface area (Å²) < 4.78 is 7.28. The van der Waals surface area contributed by atoms with E-state index in [9.17, 15) is 4.79 Å². The Hall–Kier alpha value is -1.47. The van der Waals surface area contributed by atoms with Gasteiger partial charge in [0.15, 0.2) is 0 Å². The highest BCUT2D eigenvalue weighted by atomic mass is 16.5. The number of nitrogens with zero attached hydrogens (tertiary/aromatic N) is 4. The Kier molecular flexibility index (Phi) is 5.49. The predicted molar refractivity (Wildman–Crippen MR) is 72.2 cm³/mol. The molecule has 0 atom stereocenters. The molecule has 0 aromatic carbocycles. The molecule has 0 unspecified atom stereocenters. The smallest absolute Gasteiger partial charge is 0.329 e. The number of likely N-dealkylation sites (tertiary alicyclic amines) is 1. The zero-order valence-electron chi connectivity index (χ0n) is 11.9. The molecule has 1 aliphatic heterocycles. The van der Waals surface area contributed by atoms with Gasteiger partial charge in [-0.05, 0) is 19.3 Å². The lowest BCUT2D eigenvalue weighted by Crippen LogP contribution is -2.37. The van der Waals surface area contributed by atoms with E-state index in [1.807, 2.05) is 4.68 Å². The summed E-state index contributed by atoms with van der Waals surface area (Å²) in [6, 6.07) is 0. The molecule has 1 aromatic heterocycles. The van der Waals surface area contributed by atoms with Crippen LogP contribution < -0.4 is 0 Å². The molecule has 1 fully saturated rings. The molecule has 1 aliphatic rings. The molecule has 0 spiro atoms. The maximum absolute atomic E-state index is 10.5. The third-order valence-electron chi connectivity index (χ3n) is 3.47. The molecule has 1 N–H and O–H groups in total. The first-order valence-corrected chi connectivity index (χ1v) is 7.11. The molecule has 2 heterocycles. The topological polar surface area (TPSA) is 80.5 Å². The summed E-state index contributed by atoms with van der Waals surface area (Å²) in [5.74, 6) is 0.0943. The van der Waals surface area contributed by atoms with Crippen LogP contribution in [0.2, 0.25) is 0 Å². The quantitative estimate of drug-likeness (QED) is 0.795. The Morgan fingerprint density at radius 2 is 2.25 bits per heavy atom. The fourth-order valence-electron chi connectivity index (χ4n) is 2.43. The van der Waals surface area contributed by atoms with E-state index in [-0.39, 0.29) is 12.7 Å². The molecule has 7 heteroatoms. The minimum atomic E-state index is -0.903. The van der Waals surface area contributed by atoms with Gasteiger partial charge in [0.25, 0.3) is 0 Å². The van der Waals surface area contributed by atoms with Crippen molar-refractivity contribution in [2.45, 2.75) is 45.4 Å². The molecule has 0 aliphatic carbocycles. The van der Waals surface area contributed by atoms with E-state index in [2.05, 4.69) is 21.9 Å². The number of aliphatic carboxylic acids is 1. The molecular weight excluding hydrogens is 260 g/mol. The van der Waals surface area contributed by atoms with Gasteiger partial charge in [-0.15, -0.1) is 0 Å². The zero-order chi connectivity index (χ0) is 14.4. The van der Waals surface area contributed by atoms with Crippen LogP contribution in [0.15, 0.2) is 6.33 Å². The van der Waals surface area contributed by atoms with Crippen LogP contribution in [0.4, 0.5) is 0 Å². The van der Waals surface area contributed by atoms with Crippen LogP contribution in [0.1, 0.15) is 32.0 Å². The maximum atomic E-state index is 10.5. The van der Waals surface area contributed by atoms with Gasteiger partial charge in [-0.3, -0.25) is 4.90 Å². The summed E-state index contributed by atoms with van der Waals surface area (Å²) in [6.07, 6.45) is 4.45. The molecule has 2 rings (SSSR count). The molecule has 0 radical (unpaired) electrons. The first-order chi connectivity index (χ1) is 9.69. The first kappa shape index (κ1) is 14.9. The summed E-state index contributed by atoms with van der Waals surface area (Å²) in [4.78, 5) is 17.1. The average molecular weight is 282 g/mol. The second-order valence-corrected chi connectivity index (χ2v) is 5.08.